The third-order valence-corrected chi connectivity index (χ3v) is 2.36. The van der Waals surface area contributed by atoms with Gasteiger partial charge in [0, 0.05) is 6.20 Å². The Kier molecular flexibility index (Phi) is 3.59. The van der Waals surface area contributed by atoms with Crippen LogP contribution in [0.4, 0.5) is 0 Å². The second-order valence-electron chi connectivity index (χ2n) is 3.25. The van der Waals surface area contributed by atoms with Crippen LogP contribution in [0.1, 0.15) is 5.56 Å². The number of hydrogen-bond donors (Lipinski definition) is 0. The zero-order valence-electron chi connectivity index (χ0n) is 8.80. The lowest BCUT2D eigenvalue weighted by molar-refractivity contribution is 0.480. The highest BCUT2D eigenvalue weighted by Crippen LogP contribution is 2.30. The molecule has 0 unspecified atom stereocenters. The zero-order valence-corrected chi connectivity index (χ0v) is 9.56. The molecule has 0 atom stereocenters. The summed E-state index contributed by atoms with van der Waals surface area (Å²) in [4.78, 5) is 3.94. The van der Waals surface area contributed by atoms with Gasteiger partial charge in [0.25, 0.3) is 0 Å². The number of pyridine rings is 1. The monoisotopic (exact) mass is 243 g/mol. The van der Waals surface area contributed by atoms with Crippen molar-refractivity contribution in [2.75, 3.05) is 0 Å². The van der Waals surface area contributed by atoms with Crippen LogP contribution in [-0.2, 0) is 0 Å². The van der Waals surface area contributed by atoms with Gasteiger partial charge < -0.3 is 4.74 Å². The van der Waals surface area contributed by atoms with E-state index < -0.39 is 0 Å². The Labute approximate surface area is 104 Å². The van der Waals surface area contributed by atoms with Gasteiger partial charge in [0.05, 0.1) is 23.7 Å². The second kappa shape index (κ2) is 5.33. The molecule has 0 spiro atoms. The summed E-state index contributed by atoms with van der Waals surface area (Å²) in [5.41, 5.74) is 0.746. The second-order valence-corrected chi connectivity index (χ2v) is 3.66. The molecule has 2 rings (SSSR count). The largest absolute Gasteiger partial charge is 0.454 e. The lowest BCUT2D eigenvalue weighted by Crippen LogP contribution is -1.88. The van der Waals surface area contributed by atoms with Gasteiger partial charge in [-0.15, -0.1) is 0 Å². The molecule has 1 aromatic carbocycles. The molecular weight excluding hydrogens is 236 g/mol. The van der Waals surface area contributed by atoms with Crippen LogP contribution in [0.15, 0.2) is 42.7 Å². The van der Waals surface area contributed by atoms with Crippen molar-refractivity contribution in [3.05, 3.63) is 59.7 Å². The van der Waals surface area contributed by atoms with E-state index >= 15 is 0 Å². The average molecular weight is 244 g/mol. The fourth-order valence-electron chi connectivity index (χ4n) is 1.30. The van der Waals surface area contributed by atoms with Crippen molar-refractivity contribution in [3.63, 3.8) is 0 Å². The van der Waals surface area contributed by atoms with Crippen LogP contribution < -0.4 is 4.74 Å². The van der Waals surface area contributed by atoms with Crippen LogP contribution >= 0.6 is 11.6 Å². The SMILES string of the molecule is N#C[CH]c1ccc(Cl)c(Oc2cccnc2)c1. The van der Waals surface area contributed by atoms with Gasteiger partial charge in [0.15, 0.2) is 0 Å². The normalized spacial score (nSPS) is 9.65. The first kappa shape index (κ1) is 11.4. The molecule has 17 heavy (non-hydrogen) atoms. The molecule has 83 valence electrons. The Balaban J connectivity index is 2.26. The first-order chi connectivity index (χ1) is 8.29. The molecular formula is C13H8ClN2O. The van der Waals surface area contributed by atoms with Gasteiger partial charge in [-0.25, -0.2) is 0 Å². The number of benzene rings is 1. The van der Waals surface area contributed by atoms with Crippen molar-refractivity contribution in [2.24, 2.45) is 0 Å². The molecule has 0 N–H and O–H groups in total. The smallest absolute Gasteiger partial charge is 0.146 e. The van der Waals surface area contributed by atoms with Crippen molar-refractivity contribution in [2.45, 2.75) is 0 Å². The van der Waals surface area contributed by atoms with E-state index in [9.17, 15) is 0 Å². The highest BCUT2D eigenvalue weighted by molar-refractivity contribution is 6.32. The number of nitriles is 1. The molecule has 0 aliphatic heterocycles. The van der Waals surface area contributed by atoms with Gasteiger partial charge in [-0.3, -0.25) is 4.98 Å². The Hall–Kier alpha value is -2.05. The highest BCUT2D eigenvalue weighted by Gasteiger charge is 2.05. The molecule has 4 heteroatoms. The van der Waals surface area contributed by atoms with Crippen molar-refractivity contribution in [1.82, 2.24) is 4.98 Å². The summed E-state index contributed by atoms with van der Waals surface area (Å²) in [6.07, 6.45) is 4.68. The lowest BCUT2D eigenvalue weighted by atomic mass is 10.1. The summed E-state index contributed by atoms with van der Waals surface area (Å²) >= 11 is 6.00. The van der Waals surface area contributed by atoms with Crippen molar-refractivity contribution in [1.29, 1.82) is 5.26 Å². The van der Waals surface area contributed by atoms with Gasteiger partial charge in [-0.1, -0.05) is 17.7 Å². The summed E-state index contributed by atoms with van der Waals surface area (Å²) in [6, 6.07) is 10.7. The Morgan fingerprint density at radius 2 is 2.24 bits per heavy atom. The van der Waals surface area contributed by atoms with Crippen molar-refractivity contribution < 1.29 is 4.74 Å². The molecule has 1 aromatic heterocycles. The Bertz CT molecular complexity index is 549. The van der Waals surface area contributed by atoms with E-state index in [2.05, 4.69) is 4.98 Å². The molecule has 3 nitrogen and oxygen atoms in total. The minimum Gasteiger partial charge on any atom is -0.454 e. The van der Waals surface area contributed by atoms with Crippen molar-refractivity contribution >= 4 is 11.6 Å². The minimum atomic E-state index is 0.490. The number of halogens is 1. The van der Waals surface area contributed by atoms with Gasteiger partial charge in [-0.05, 0) is 29.8 Å². The molecule has 0 saturated heterocycles. The Morgan fingerprint density at radius 1 is 1.35 bits per heavy atom. The maximum Gasteiger partial charge on any atom is 0.146 e. The van der Waals surface area contributed by atoms with E-state index in [1.54, 1.807) is 42.7 Å². The maximum absolute atomic E-state index is 8.58. The number of aromatic nitrogens is 1. The number of nitrogens with zero attached hydrogens (tertiary/aromatic N) is 2. The van der Waals surface area contributed by atoms with E-state index in [0.717, 1.165) is 5.56 Å². The molecule has 2 aromatic rings. The molecule has 0 aliphatic carbocycles. The van der Waals surface area contributed by atoms with E-state index in [1.807, 2.05) is 6.07 Å². The summed E-state index contributed by atoms with van der Waals surface area (Å²) in [5, 5.41) is 9.07. The third-order valence-electron chi connectivity index (χ3n) is 2.05. The van der Waals surface area contributed by atoms with Crippen molar-refractivity contribution in [3.8, 4) is 17.6 Å². The van der Waals surface area contributed by atoms with E-state index in [1.165, 1.54) is 6.42 Å². The highest BCUT2D eigenvalue weighted by atomic mass is 35.5. The standard InChI is InChI=1S/C13H8ClN2O/c14-12-4-3-10(5-6-15)8-13(12)17-11-2-1-7-16-9-11/h1-5,7-9H. The van der Waals surface area contributed by atoms with Gasteiger partial charge in [0.1, 0.15) is 11.5 Å². The van der Waals surface area contributed by atoms with Crippen LogP contribution in [0.3, 0.4) is 0 Å². The van der Waals surface area contributed by atoms with Crippen LogP contribution in [0.25, 0.3) is 0 Å². The molecule has 0 bridgehead atoms. The molecule has 0 fully saturated rings. The minimum absolute atomic E-state index is 0.490. The summed E-state index contributed by atoms with van der Waals surface area (Å²) in [5.74, 6) is 1.10. The van der Waals surface area contributed by atoms with Crippen LogP contribution in [-0.4, -0.2) is 4.98 Å². The fourth-order valence-corrected chi connectivity index (χ4v) is 1.45. The van der Waals surface area contributed by atoms with E-state index in [-0.39, 0.29) is 0 Å². The summed E-state index contributed by atoms with van der Waals surface area (Å²) in [7, 11) is 0. The molecule has 0 saturated carbocycles. The van der Waals surface area contributed by atoms with Crippen LogP contribution in [0, 0.1) is 17.8 Å². The summed E-state index contributed by atoms with van der Waals surface area (Å²) in [6.45, 7) is 0. The lowest BCUT2D eigenvalue weighted by Gasteiger charge is -2.07. The fraction of sp³-hybridized carbons (Fsp3) is 0. The van der Waals surface area contributed by atoms with E-state index in [0.29, 0.717) is 16.5 Å². The number of ether oxygens (including phenoxy) is 1. The number of hydrogen-bond acceptors (Lipinski definition) is 3. The van der Waals surface area contributed by atoms with Gasteiger partial charge >= 0.3 is 0 Å². The predicted molar refractivity (Wildman–Crippen MR) is 64.8 cm³/mol. The summed E-state index contributed by atoms with van der Waals surface area (Å²) < 4.78 is 5.57. The topological polar surface area (TPSA) is 45.9 Å². The molecule has 1 heterocycles. The average Bonchev–Trinajstić information content (AvgIpc) is 2.35. The molecule has 1 radical (unpaired) electrons. The maximum atomic E-state index is 8.58. The zero-order chi connectivity index (χ0) is 12.1. The van der Waals surface area contributed by atoms with Crippen LogP contribution in [0.5, 0.6) is 11.5 Å². The van der Waals surface area contributed by atoms with Gasteiger partial charge in [-0.2, -0.15) is 5.26 Å². The van der Waals surface area contributed by atoms with Gasteiger partial charge in [0.2, 0.25) is 0 Å². The first-order valence-corrected chi connectivity index (χ1v) is 5.27. The van der Waals surface area contributed by atoms with Crippen LogP contribution in [0.2, 0.25) is 5.02 Å². The van der Waals surface area contributed by atoms with E-state index in [4.69, 9.17) is 21.6 Å². The molecule has 0 aliphatic rings. The predicted octanol–water partition coefficient (Wildman–Crippen LogP) is 3.60. The number of rotatable bonds is 3. The first-order valence-electron chi connectivity index (χ1n) is 4.90. The molecule has 0 amide bonds. The quantitative estimate of drug-likeness (QED) is 0.827. The third kappa shape index (κ3) is 2.96. The Morgan fingerprint density at radius 3 is 2.94 bits per heavy atom.